The summed E-state index contributed by atoms with van der Waals surface area (Å²) in [6, 6.07) is 10.5. The number of carbonyl (C=O) groups is 2. The Balaban J connectivity index is 1.46. The van der Waals surface area contributed by atoms with Crippen LogP contribution in [0.2, 0.25) is 0 Å². The summed E-state index contributed by atoms with van der Waals surface area (Å²) in [6.45, 7) is 3.72. The topological polar surface area (TPSA) is 87.5 Å². The van der Waals surface area contributed by atoms with Gasteiger partial charge in [0.25, 0.3) is 5.91 Å². The van der Waals surface area contributed by atoms with E-state index in [-0.39, 0.29) is 11.9 Å². The fourth-order valence-corrected chi connectivity index (χ4v) is 3.83. The second kappa shape index (κ2) is 8.57. The number of rotatable bonds is 5. The molecule has 0 unspecified atom stereocenters. The standard InChI is InChI=1S/C22H20FN5O2S/c1-13-6-7-15(14(2)25-21(30)26-17-5-3-4-16(23)11-17)10-18(13)27-20(29)19-12-24-22-28(19)8-9-31-22/h3-12,14H,1-2H3,(H,27,29)(H2,25,26,30)/t14-/m0/s1. The lowest BCUT2D eigenvalue weighted by Crippen LogP contribution is -2.31. The van der Waals surface area contributed by atoms with Crippen molar-refractivity contribution in [2.45, 2.75) is 19.9 Å². The molecular formula is C22H20FN5O2S. The first-order chi connectivity index (χ1) is 14.9. The van der Waals surface area contributed by atoms with Crippen molar-refractivity contribution >= 4 is 39.6 Å². The number of fused-ring (bicyclic) bond motifs is 1. The average Bonchev–Trinajstić information content (AvgIpc) is 3.33. The molecule has 0 aliphatic rings. The Morgan fingerprint density at radius 3 is 2.81 bits per heavy atom. The van der Waals surface area contributed by atoms with Crippen molar-refractivity contribution in [1.82, 2.24) is 14.7 Å². The van der Waals surface area contributed by atoms with E-state index in [0.717, 1.165) is 16.1 Å². The number of carbonyl (C=O) groups excluding carboxylic acids is 2. The molecule has 158 valence electrons. The lowest BCUT2D eigenvalue weighted by Gasteiger charge is -2.17. The molecule has 0 radical (unpaired) electrons. The molecule has 2 heterocycles. The van der Waals surface area contributed by atoms with Crippen LogP contribution < -0.4 is 16.0 Å². The highest BCUT2D eigenvalue weighted by molar-refractivity contribution is 7.15. The predicted octanol–water partition coefficient (Wildman–Crippen LogP) is 4.98. The van der Waals surface area contributed by atoms with E-state index in [4.69, 9.17) is 0 Å². The Hall–Kier alpha value is -3.72. The van der Waals surface area contributed by atoms with Crippen LogP contribution in [-0.2, 0) is 0 Å². The fraction of sp³-hybridized carbons (Fsp3) is 0.136. The zero-order valence-corrected chi connectivity index (χ0v) is 17.7. The third-order valence-corrected chi connectivity index (χ3v) is 5.59. The van der Waals surface area contributed by atoms with Gasteiger partial charge in [-0.05, 0) is 49.2 Å². The monoisotopic (exact) mass is 437 g/mol. The van der Waals surface area contributed by atoms with Crippen LogP contribution in [-0.4, -0.2) is 21.3 Å². The minimum Gasteiger partial charge on any atom is -0.331 e. The molecule has 7 nitrogen and oxygen atoms in total. The van der Waals surface area contributed by atoms with E-state index in [2.05, 4.69) is 20.9 Å². The van der Waals surface area contributed by atoms with E-state index in [1.165, 1.54) is 29.5 Å². The maximum Gasteiger partial charge on any atom is 0.319 e. The van der Waals surface area contributed by atoms with Crippen molar-refractivity contribution in [3.63, 3.8) is 0 Å². The smallest absolute Gasteiger partial charge is 0.319 e. The number of nitrogens with zero attached hydrogens (tertiary/aromatic N) is 2. The van der Waals surface area contributed by atoms with Gasteiger partial charge in [-0.2, -0.15) is 0 Å². The van der Waals surface area contributed by atoms with E-state index in [9.17, 15) is 14.0 Å². The molecule has 0 spiro atoms. The van der Waals surface area contributed by atoms with Gasteiger partial charge in [0.1, 0.15) is 11.5 Å². The maximum absolute atomic E-state index is 13.3. The molecule has 2 aromatic heterocycles. The largest absolute Gasteiger partial charge is 0.331 e. The average molecular weight is 438 g/mol. The van der Waals surface area contributed by atoms with E-state index in [1.807, 2.05) is 37.4 Å². The van der Waals surface area contributed by atoms with E-state index >= 15 is 0 Å². The minimum absolute atomic E-state index is 0.268. The molecule has 3 amide bonds. The molecule has 31 heavy (non-hydrogen) atoms. The first-order valence-electron chi connectivity index (χ1n) is 9.56. The van der Waals surface area contributed by atoms with Gasteiger partial charge >= 0.3 is 6.03 Å². The number of thiazole rings is 1. The third-order valence-electron chi connectivity index (χ3n) is 4.82. The van der Waals surface area contributed by atoms with E-state index < -0.39 is 11.8 Å². The second-order valence-corrected chi connectivity index (χ2v) is 7.93. The molecule has 0 aliphatic carbocycles. The van der Waals surface area contributed by atoms with Crippen molar-refractivity contribution in [2.75, 3.05) is 10.6 Å². The number of benzene rings is 2. The molecule has 4 rings (SSSR count). The van der Waals surface area contributed by atoms with Gasteiger partial charge in [0.2, 0.25) is 0 Å². The Morgan fingerprint density at radius 1 is 1.16 bits per heavy atom. The Kier molecular flexibility index (Phi) is 5.68. The number of anilines is 2. The normalized spacial score (nSPS) is 11.8. The summed E-state index contributed by atoms with van der Waals surface area (Å²) in [4.78, 5) is 30.0. The van der Waals surface area contributed by atoms with Crippen LogP contribution in [0.5, 0.6) is 0 Å². The van der Waals surface area contributed by atoms with E-state index in [1.54, 1.807) is 22.9 Å². The SMILES string of the molecule is Cc1ccc([C@H](C)NC(=O)Nc2cccc(F)c2)cc1NC(=O)c1cnc2sccn12. The Bertz CT molecular complexity index is 1270. The van der Waals surface area contributed by atoms with Crippen molar-refractivity contribution < 1.29 is 14.0 Å². The lowest BCUT2D eigenvalue weighted by molar-refractivity contribution is 0.102. The number of aryl methyl sites for hydroxylation is 1. The first-order valence-corrected chi connectivity index (χ1v) is 10.4. The highest BCUT2D eigenvalue weighted by Gasteiger charge is 2.16. The van der Waals surface area contributed by atoms with Crippen LogP contribution >= 0.6 is 11.3 Å². The van der Waals surface area contributed by atoms with Crippen molar-refractivity contribution in [2.24, 2.45) is 0 Å². The minimum atomic E-state index is -0.455. The number of hydrogen-bond acceptors (Lipinski definition) is 4. The molecule has 3 N–H and O–H groups in total. The second-order valence-electron chi connectivity index (χ2n) is 7.06. The summed E-state index contributed by atoms with van der Waals surface area (Å²) in [7, 11) is 0. The van der Waals surface area contributed by atoms with Crippen LogP contribution in [0.15, 0.2) is 60.2 Å². The van der Waals surface area contributed by atoms with Crippen LogP contribution in [0.4, 0.5) is 20.6 Å². The van der Waals surface area contributed by atoms with E-state index in [0.29, 0.717) is 17.1 Å². The highest BCUT2D eigenvalue weighted by Crippen LogP contribution is 2.23. The van der Waals surface area contributed by atoms with Crippen molar-refractivity contribution in [3.8, 4) is 0 Å². The number of nitrogens with one attached hydrogen (secondary N) is 3. The summed E-state index contributed by atoms with van der Waals surface area (Å²) in [5, 5.41) is 10.2. The van der Waals surface area contributed by atoms with Gasteiger partial charge in [-0.15, -0.1) is 11.3 Å². The molecule has 1 atom stereocenters. The van der Waals surface area contributed by atoms with Gasteiger partial charge in [-0.1, -0.05) is 18.2 Å². The quantitative estimate of drug-likeness (QED) is 0.412. The molecule has 0 aliphatic heterocycles. The summed E-state index contributed by atoms with van der Waals surface area (Å²) in [6.07, 6.45) is 3.34. The van der Waals surface area contributed by atoms with Crippen LogP contribution in [0.1, 0.15) is 34.6 Å². The summed E-state index contributed by atoms with van der Waals surface area (Å²) >= 11 is 1.45. The maximum atomic E-state index is 13.3. The lowest BCUT2D eigenvalue weighted by atomic mass is 10.0. The van der Waals surface area contributed by atoms with Crippen LogP contribution in [0.25, 0.3) is 4.96 Å². The highest BCUT2D eigenvalue weighted by atomic mass is 32.1. The Labute approximate surface area is 181 Å². The summed E-state index contributed by atoms with van der Waals surface area (Å²) < 4.78 is 15.0. The summed E-state index contributed by atoms with van der Waals surface area (Å²) in [5.41, 5.74) is 3.15. The van der Waals surface area contributed by atoms with Gasteiger partial charge in [-0.3, -0.25) is 9.20 Å². The number of urea groups is 1. The number of amides is 3. The van der Waals surface area contributed by atoms with Crippen LogP contribution in [0, 0.1) is 12.7 Å². The molecule has 0 fully saturated rings. The molecule has 9 heteroatoms. The first kappa shape index (κ1) is 20.5. The third kappa shape index (κ3) is 4.56. The number of imidazole rings is 1. The zero-order valence-electron chi connectivity index (χ0n) is 16.8. The fourth-order valence-electron chi connectivity index (χ4n) is 3.14. The zero-order chi connectivity index (χ0) is 22.0. The number of aromatic nitrogens is 2. The molecule has 0 bridgehead atoms. The van der Waals surface area contributed by atoms with Gasteiger partial charge < -0.3 is 16.0 Å². The molecule has 2 aromatic carbocycles. The van der Waals surface area contributed by atoms with Crippen molar-refractivity contribution in [1.29, 1.82) is 0 Å². The molecule has 0 saturated carbocycles. The number of hydrogen-bond donors (Lipinski definition) is 3. The van der Waals surface area contributed by atoms with Crippen molar-refractivity contribution in [3.05, 3.63) is 82.9 Å². The predicted molar refractivity (Wildman–Crippen MR) is 119 cm³/mol. The molecular weight excluding hydrogens is 417 g/mol. The van der Waals surface area contributed by atoms with Crippen LogP contribution in [0.3, 0.4) is 0 Å². The summed E-state index contributed by atoms with van der Waals surface area (Å²) in [5.74, 6) is -0.696. The Morgan fingerprint density at radius 2 is 2.00 bits per heavy atom. The van der Waals surface area contributed by atoms with Gasteiger partial charge in [0.05, 0.1) is 12.2 Å². The number of halogens is 1. The van der Waals surface area contributed by atoms with Gasteiger partial charge in [0, 0.05) is 23.0 Å². The van der Waals surface area contributed by atoms with Gasteiger partial charge in [0.15, 0.2) is 4.96 Å². The molecule has 4 aromatic rings. The molecule has 0 saturated heterocycles. The van der Waals surface area contributed by atoms with Gasteiger partial charge in [-0.25, -0.2) is 14.2 Å².